The van der Waals surface area contributed by atoms with Crippen molar-refractivity contribution < 1.29 is 0 Å². The van der Waals surface area contributed by atoms with Gasteiger partial charge in [-0.2, -0.15) is 0 Å². The number of allylic oxidation sites excluding steroid dienone is 6. The van der Waals surface area contributed by atoms with Gasteiger partial charge in [0.25, 0.3) is 0 Å². The predicted octanol–water partition coefficient (Wildman–Crippen LogP) is 5.06. The Balaban J connectivity index is 2.38. The standard InChI is InChI=1S/C19H17N/c1-3-5-7-11-16(4-2)18-14-10-15-19(20-18)17-12-8-6-9-13-17/h3-15H,1-2H2/b7-5-,16-11+. The zero-order valence-electron chi connectivity index (χ0n) is 11.4. The predicted molar refractivity (Wildman–Crippen MR) is 87.2 cm³/mol. The minimum absolute atomic E-state index is 0.912. The SMILES string of the molecule is C=C/C=C\C=C(/C=C)c1cccc(-c2ccccc2)n1. The molecule has 0 saturated carbocycles. The van der Waals surface area contributed by atoms with Crippen LogP contribution in [0.3, 0.4) is 0 Å². The van der Waals surface area contributed by atoms with Crippen molar-refractivity contribution in [2.75, 3.05) is 0 Å². The molecule has 0 spiro atoms. The van der Waals surface area contributed by atoms with Crippen LogP contribution in [-0.4, -0.2) is 4.98 Å². The summed E-state index contributed by atoms with van der Waals surface area (Å²) in [6.45, 7) is 7.50. The summed E-state index contributed by atoms with van der Waals surface area (Å²) in [7, 11) is 0. The number of pyridine rings is 1. The smallest absolute Gasteiger partial charge is 0.0709 e. The van der Waals surface area contributed by atoms with Gasteiger partial charge in [0, 0.05) is 5.56 Å². The molecule has 20 heavy (non-hydrogen) atoms. The molecule has 0 aliphatic carbocycles. The van der Waals surface area contributed by atoms with Gasteiger partial charge in [-0.25, -0.2) is 4.98 Å². The summed E-state index contributed by atoms with van der Waals surface area (Å²) in [5.74, 6) is 0. The third kappa shape index (κ3) is 3.42. The second-order valence-corrected chi connectivity index (χ2v) is 4.22. The zero-order valence-corrected chi connectivity index (χ0v) is 11.4. The van der Waals surface area contributed by atoms with Crippen molar-refractivity contribution >= 4 is 5.57 Å². The van der Waals surface area contributed by atoms with E-state index in [4.69, 9.17) is 4.98 Å². The van der Waals surface area contributed by atoms with Crippen molar-refractivity contribution in [3.8, 4) is 11.3 Å². The molecule has 1 aromatic carbocycles. The number of hydrogen-bond acceptors (Lipinski definition) is 1. The maximum Gasteiger partial charge on any atom is 0.0709 e. The Kier molecular flexibility index (Phi) is 4.85. The molecule has 0 radical (unpaired) electrons. The van der Waals surface area contributed by atoms with E-state index in [1.807, 2.05) is 60.7 Å². The van der Waals surface area contributed by atoms with Crippen LogP contribution in [0, 0.1) is 0 Å². The molecular weight excluding hydrogens is 242 g/mol. The lowest BCUT2D eigenvalue weighted by Gasteiger charge is -2.05. The number of benzene rings is 1. The van der Waals surface area contributed by atoms with E-state index in [1.165, 1.54) is 0 Å². The van der Waals surface area contributed by atoms with E-state index in [0.29, 0.717) is 0 Å². The fraction of sp³-hybridized carbons (Fsp3) is 0. The van der Waals surface area contributed by atoms with E-state index in [0.717, 1.165) is 22.5 Å². The summed E-state index contributed by atoms with van der Waals surface area (Å²) in [5.41, 5.74) is 3.97. The quantitative estimate of drug-likeness (QED) is 0.684. The number of rotatable bonds is 5. The highest BCUT2D eigenvalue weighted by atomic mass is 14.7. The van der Waals surface area contributed by atoms with E-state index in [2.05, 4.69) is 25.3 Å². The molecule has 0 amide bonds. The molecule has 2 aromatic rings. The molecule has 0 aliphatic heterocycles. The number of hydrogen-bond donors (Lipinski definition) is 0. The summed E-state index contributed by atoms with van der Waals surface area (Å²) in [6, 6.07) is 16.2. The van der Waals surface area contributed by atoms with Crippen molar-refractivity contribution in [2.45, 2.75) is 0 Å². The lowest BCUT2D eigenvalue weighted by atomic mass is 10.1. The van der Waals surface area contributed by atoms with Gasteiger partial charge in [0.2, 0.25) is 0 Å². The molecule has 0 aliphatic rings. The van der Waals surface area contributed by atoms with Crippen molar-refractivity contribution in [2.24, 2.45) is 0 Å². The Hall–Kier alpha value is -2.67. The highest BCUT2D eigenvalue weighted by Crippen LogP contribution is 2.20. The van der Waals surface area contributed by atoms with Gasteiger partial charge in [0.05, 0.1) is 11.4 Å². The Bertz CT molecular complexity index is 648. The average molecular weight is 259 g/mol. The normalized spacial score (nSPS) is 11.5. The Morgan fingerprint density at radius 1 is 0.900 bits per heavy atom. The van der Waals surface area contributed by atoms with Gasteiger partial charge in [-0.1, -0.05) is 79.9 Å². The van der Waals surface area contributed by atoms with Crippen molar-refractivity contribution in [3.63, 3.8) is 0 Å². The lowest BCUT2D eigenvalue weighted by molar-refractivity contribution is 1.28. The van der Waals surface area contributed by atoms with Crippen LogP contribution in [0.25, 0.3) is 16.8 Å². The molecule has 2 rings (SSSR count). The van der Waals surface area contributed by atoms with Gasteiger partial charge in [-0.05, 0) is 17.7 Å². The monoisotopic (exact) mass is 259 g/mol. The minimum Gasteiger partial charge on any atom is -0.248 e. The number of aromatic nitrogens is 1. The van der Waals surface area contributed by atoms with E-state index in [1.54, 1.807) is 6.08 Å². The first-order valence-corrected chi connectivity index (χ1v) is 6.50. The summed E-state index contributed by atoms with van der Waals surface area (Å²) in [5, 5.41) is 0. The van der Waals surface area contributed by atoms with Crippen LogP contribution in [0.4, 0.5) is 0 Å². The summed E-state index contributed by atoms with van der Waals surface area (Å²) >= 11 is 0. The van der Waals surface area contributed by atoms with Crippen LogP contribution >= 0.6 is 0 Å². The summed E-state index contributed by atoms with van der Waals surface area (Å²) in [6.07, 6.45) is 9.34. The molecule has 0 fully saturated rings. The van der Waals surface area contributed by atoms with Crippen LogP contribution in [0.1, 0.15) is 5.69 Å². The Labute approximate surface area is 120 Å². The van der Waals surface area contributed by atoms with E-state index >= 15 is 0 Å². The molecule has 0 N–H and O–H groups in total. The second-order valence-electron chi connectivity index (χ2n) is 4.22. The molecule has 0 saturated heterocycles. The molecule has 1 heterocycles. The van der Waals surface area contributed by atoms with E-state index in [-0.39, 0.29) is 0 Å². The van der Waals surface area contributed by atoms with Gasteiger partial charge >= 0.3 is 0 Å². The third-order valence-electron chi connectivity index (χ3n) is 2.86. The van der Waals surface area contributed by atoms with E-state index < -0.39 is 0 Å². The second kappa shape index (κ2) is 7.05. The molecule has 0 atom stereocenters. The minimum atomic E-state index is 0.912. The van der Waals surface area contributed by atoms with Gasteiger partial charge in [0.15, 0.2) is 0 Å². The molecule has 0 bridgehead atoms. The third-order valence-corrected chi connectivity index (χ3v) is 2.86. The Morgan fingerprint density at radius 2 is 1.70 bits per heavy atom. The highest BCUT2D eigenvalue weighted by Gasteiger charge is 2.02. The van der Waals surface area contributed by atoms with E-state index in [9.17, 15) is 0 Å². The van der Waals surface area contributed by atoms with Gasteiger partial charge < -0.3 is 0 Å². The molecule has 1 nitrogen and oxygen atoms in total. The first-order chi connectivity index (χ1) is 9.85. The first-order valence-electron chi connectivity index (χ1n) is 6.50. The fourth-order valence-electron chi connectivity index (χ4n) is 1.86. The van der Waals surface area contributed by atoms with Crippen molar-refractivity contribution in [3.05, 3.63) is 97.8 Å². The zero-order chi connectivity index (χ0) is 14.2. The first kappa shape index (κ1) is 13.8. The van der Waals surface area contributed by atoms with Crippen molar-refractivity contribution in [1.29, 1.82) is 0 Å². The molecule has 1 heteroatoms. The van der Waals surface area contributed by atoms with Crippen LogP contribution in [0.5, 0.6) is 0 Å². The number of nitrogens with zero attached hydrogens (tertiary/aromatic N) is 1. The highest BCUT2D eigenvalue weighted by molar-refractivity contribution is 5.74. The molecule has 98 valence electrons. The van der Waals surface area contributed by atoms with Crippen LogP contribution in [0.15, 0.2) is 92.1 Å². The Morgan fingerprint density at radius 3 is 2.40 bits per heavy atom. The van der Waals surface area contributed by atoms with Crippen LogP contribution in [-0.2, 0) is 0 Å². The van der Waals surface area contributed by atoms with Gasteiger partial charge in [-0.15, -0.1) is 0 Å². The summed E-state index contributed by atoms with van der Waals surface area (Å²) in [4.78, 5) is 4.69. The lowest BCUT2D eigenvalue weighted by Crippen LogP contribution is -1.90. The summed E-state index contributed by atoms with van der Waals surface area (Å²) < 4.78 is 0. The van der Waals surface area contributed by atoms with Crippen LogP contribution < -0.4 is 0 Å². The van der Waals surface area contributed by atoms with Gasteiger partial charge in [0.1, 0.15) is 0 Å². The average Bonchev–Trinajstić information content (AvgIpc) is 2.53. The topological polar surface area (TPSA) is 12.9 Å². The van der Waals surface area contributed by atoms with Crippen LogP contribution in [0.2, 0.25) is 0 Å². The largest absolute Gasteiger partial charge is 0.248 e. The molecule has 0 unspecified atom stereocenters. The van der Waals surface area contributed by atoms with Gasteiger partial charge in [-0.3, -0.25) is 0 Å². The van der Waals surface area contributed by atoms with Crippen molar-refractivity contribution in [1.82, 2.24) is 4.98 Å². The maximum absolute atomic E-state index is 4.69. The maximum atomic E-state index is 4.69. The molecular formula is C19H17N. The fourth-order valence-corrected chi connectivity index (χ4v) is 1.86. The molecule has 1 aromatic heterocycles.